The number of aliphatic hydroxyl groups is 1. The summed E-state index contributed by atoms with van der Waals surface area (Å²) in [7, 11) is 0. The predicted octanol–water partition coefficient (Wildman–Crippen LogP) is 0.710. The van der Waals surface area contributed by atoms with Crippen molar-refractivity contribution >= 4 is 5.97 Å². The minimum absolute atomic E-state index is 0.445. The molecule has 0 aromatic rings. The smallest absolute Gasteiger partial charge is 0.332 e. The lowest BCUT2D eigenvalue weighted by Crippen LogP contribution is -2.28. The average Bonchev–Trinajstić information content (AvgIpc) is 1.87. The van der Waals surface area contributed by atoms with E-state index in [0.29, 0.717) is 0 Å². The fourth-order valence-corrected chi connectivity index (χ4v) is 0.413. The van der Waals surface area contributed by atoms with E-state index in [-0.39, 0.29) is 0 Å². The molecule has 1 N–H and O–H groups in total. The number of ether oxygens (including phenoxy) is 1. The molecule has 3 heteroatoms. The first-order chi connectivity index (χ1) is 4.52. The van der Waals surface area contributed by atoms with E-state index in [0.717, 1.165) is 6.42 Å². The van der Waals surface area contributed by atoms with Gasteiger partial charge in [-0.1, -0.05) is 6.92 Å². The molecule has 0 aliphatic rings. The van der Waals surface area contributed by atoms with Crippen LogP contribution in [0.15, 0.2) is 0 Å². The van der Waals surface area contributed by atoms with Gasteiger partial charge in [-0.05, 0) is 20.3 Å². The molecule has 0 amide bonds. The van der Waals surface area contributed by atoms with Gasteiger partial charge in [0.05, 0.1) is 0 Å². The van der Waals surface area contributed by atoms with E-state index >= 15 is 0 Å². The van der Waals surface area contributed by atoms with E-state index in [1.165, 1.54) is 0 Å². The molecule has 0 aromatic carbocycles. The van der Waals surface area contributed by atoms with Gasteiger partial charge in [0.2, 0.25) is 0 Å². The summed E-state index contributed by atoms with van der Waals surface area (Å²) < 4.78 is 4.85. The lowest BCUT2D eigenvalue weighted by Gasteiger charge is -2.22. The van der Waals surface area contributed by atoms with Crippen LogP contribution in [0.5, 0.6) is 0 Å². The molecule has 0 unspecified atom stereocenters. The highest BCUT2D eigenvalue weighted by molar-refractivity contribution is 5.70. The van der Waals surface area contributed by atoms with E-state index in [1.54, 1.807) is 13.8 Å². The molecule has 0 bridgehead atoms. The zero-order valence-corrected chi connectivity index (χ0v) is 6.68. The van der Waals surface area contributed by atoms with Crippen molar-refractivity contribution in [1.29, 1.82) is 0 Å². The first-order valence-corrected chi connectivity index (χ1v) is 3.34. The summed E-state index contributed by atoms with van der Waals surface area (Å²) in [6.07, 6.45) is 0.749. The second kappa shape index (κ2) is 3.56. The Bertz CT molecular complexity index is 118. The van der Waals surface area contributed by atoms with Crippen LogP contribution < -0.4 is 0 Å². The number of esters is 1. The summed E-state index contributed by atoms with van der Waals surface area (Å²) in [4.78, 5) is 10.5. The lowest BCUT2D eigenvalue weighted by atomic mass is 10.1. The predicted molar refractivity (Wildman–Crippen MR) is 37.5 cm³/mol. The molecule has 0 saturated carbocycles. The molecule has 10 heavy (non-hydrogen) atoms. The van der Waals surface area contributed by atoms with Crippen molar-refractivity contribution in [3.8, 4) is 0 Å². The zero-order valence-electron chi connectivity index (χ0n) is 6.68. The standard InChI is InChI=1S/C7H14O3/c1-4-7(2,3)10-6(9)5-8/h8H,4-5H2,1-3H3. The number of carbonyl (C=O) groups is 1. The van der Waals surface area contributed by atoms with Crippen LogP contribution in [-0.2, 0) is 9.53 Å². The maximum absolute atomic E-state index is 10.5. The minimum Gasteiger partial charge on any atom is -0.458 e. The molecule has 0 aliphatic carbocycles. The Labute approximate surface area is 61.0 Å². The molecule has 0 radical (unpaired) electrons. The largest absolute Gasteiger partial charge is 0.458 e. The molecule has 0 spiro atoms. The van der Waals surface area contributed by atoms with Gasteiger partial charge in [0.25, 0.3) is 0 Å². The van der Waals surface area contributed by atoms with Crippen molar-refractivity contribution in [2.75, 3.05) is 6.61 Å². The molecule has 0 rings (SSSR count). The summed E-state index contributed by atoms with van der Waals surface area (Å²) in [6.45, 7) is 5.00. The van der Waals surface area contributed by atoms with E-state index in [4.69, 9.17) is 9.84 Å². The lowest BCUT2D eigenvalue weighted by molar-refractivity contribution is -0.159. The number of carbonyl (C=O) groups excluding carboxylic acids is 1. The number of rotatable bonds is 3. The zero-order chi connectivity index (χ0) is 8.20. The fourth-order valence-electron chi connectivity index (χ4n) is 0.413. The van der Waals surface area contributed by atoms with Crippen molar-refractivity contribution in [3.05, 3.63) is 0 Å². The molecule has 0 saturated heterocycles. The van der Waals surface area contributed by atoms with Crippen molar-refractivity contribution in [2.24, 2.45) is 0 Å². The van der Waals surface area contributed by atoms with Gasteiger partial charge in [-0.3, -0.25) is 0 Å². The van der Waals surface area contributed by atoms with Gasteiger partial charge in [0, 0.05) is 0 Å². The van der Waals surface area contributed by atoms with Gasteiger partial charge in [0.1, 0.15) is 12.2 Å². The molecule has 0 atom stereocenters. The number of hydrogen-bond acceptors (Lipinski definition) is 3. The third kappa shape index (κ3) is 3.45. The highest BCUT2D eigenvalue weighted by Gasteiger charge is 2.19. The molecule has 0 heterocycles. The van der Waals surface area contributed by atoms with Gasteiger partial charge in [-0.2, -0.15) is 0 Å². The third-order valence-corrected chi connectivity index (χ3v) is 1.37. The SMILES string of the molecule is CCC(C)(C)OC(=O)CO. The highest BCUT2D eigenvalue weighted by atomic mass is 16.6. The van der Waals surface area contributed by atoms with Crippen LogP contribution in [0.2, 0.25) is 0 Å². The van der Waals surface area contributed by atoms with Crippen LogP contribution in [0.1, 0.15) is 27.2 Å². The van der Waals surface area contributed by atoms with Crippen LogP contribution >= 0.6 is 0 Å². The molecule has 0 aromatic heterocycles. The van der Waals surface area contributed by atoms with Crippen LogP contribution in [0.3, 0.4) is 0 Å². The Morgan fingerprint density at radius 3 is 2.40 bits per heavy atom. The second-order valence-electron chi connectivity index (χ2n) is 2.75. The molecule has 60 valence electrons. The number of aliphatic hydroxyl groups excluding tert-OH is 1. The molecular weight excluding hydrogens is 132 g/mol. The minimum atomic E-state index is -0.563. The molecule has 3 nitrogen and oxygen atoms in total. The maximum Gasteiger partial charge on any atom is 0.332 e. The van der Waals surface area contributed by atoms with E-state index in [9.17, 15) is 4.79 Å². The van der Waals surface area contributed by atoms with Gasteiger partial charge < -0.3 is 9.84 Å². The maximum atomic E-state index is 10.5. The molecule has 0 fully saturated rings. The quantitative estimate of drug-likeness (QED) is 0.596. The summed E-state index contributed by atoms with van der Waals surface area (Å²) in [6, 6.07) is 0. The van der Waals surface area contributed by atoms with Gasteiger partial charge in [-0.25, -0.2) is 4.79 Å². The third-order valence-electron chi connectivity index (χ3n) is 1.37. The van der Waals surface area contributed by atoms with E-state index in [2.05, 4.69) is 0 Å². The Morgan fingerprint density at radius 1 is 1.60 bits per heavy atom. The molecule has 0 aliphatic heterocycles. The monoisotopic (exact) mass is 146 g/mol. The van der Waals surface area contributed by atoms with Crippen LogP contribution in [0.25, 0.3) is 0 Å². The van der Waals surface area contributed by atoms with Gasteiger partial charge in [0.15, 0.2) is 0 Å². The van der Waals surface area contributed by atoms with Crippen molar-refractivity contribution in [2.45, 2.75) is 32.8 Å². The van der Waals surface area contributed by atoms with Crippen molar-refractivity contribution < 1.29 is 14.6 Å². The summed E-state index contributed by atoms with van der Waals surface area (Å²) in [5, 5.41) is 8.32. The number of hydrogen-bond donors (Lipinski definition) is 1. The Balaban J connectivity index is 3.76. The topological polar surface area (TPSA) is 46.5 Å². The van der Waals surface area contributed by atoms with Crippen LogP contribution in [0.4, 0.5) is 0 Å². The summed E-state index contributed by atoms with van der Waals surface area (Å²) in [5.41, 5.74) is -0.445. The Kier molecular flexibility index (Phi) is 3.36. The van der Waals surface area contributed by atoms with Gasteiger partial charge in [-0.15, -0.1) is 0 Å². The van der Waals surface area contributed by atoms with E-state index in [1.807, 2.05) is 6.92 Å². The second-order valence-corrected chi connectivity index (χ2v) is 2.75. The van der Waals surface area contributed by atoms with E-state index < -0.39 is 18.2 Å². The fraction of sp³-hybridized carbons (Fsp3) is 0.857. The normalized spacial score (nSPS) is 11.2. The van der Waals surface area contributed by atoms with Crippen molar-refractivity contribution in [1.82, 2.24) is 0 Å². The first kappa shape index (κ1) is 9.43. The average molecular weight is 146 g/mol. The molecular formula is C7H14O3. The van der Waals surface area contributed by atoms with Crippen LogP contribution in [0, 0.1) is 0 Å². The summed E-state index contributed by atoms with van der Waals surface area (Å²) >= 11 is 0. The Hall–Kier alpha value is -0.570. The Morgan fingerprint density at radius 2 is 2.10 bits per heavy atom. The first-order valence-electron chi connectivity index (χ1n) is 3.34. The van der Waals surface area contributed by atoms with Gasteiger partial charge >= 0.3 is 5.97 Å². The van der Waals surface area contributed by atoms with Crippen LogP contribution in [-0.4, -0.2) is 23.3 Å². The highest BCUT2D eigenvalue weighted by Crippen LogP contribution is 2.12. The van der Waals surface area contributed by atoms with Crippen molar-refractivity contribution in [3.63, 3.8) is 0 Å². The summed E-state index contributed by atoms with van der Waals surface area (Å²) in [5.74, 6) is -0.563.